The minimum Gasteiger partial charge on any atom is -0.353 e. The zero-order valence-electron chi connectivity index (χ0n) is 19.7. The number of hydrogen-bond donors (Lipinski definition) is 1. The van der Waals surface area contributed by atoms with E-state index in [1.807, 2.05) is 0 Å². The smallest absolute Gasteiger partial charge is 0.272 e. The maximum atomic E-state index is 13.1. The van der Waals surface area contributed by atoms with Crippen LogP contribution >= 0.6 is 0 Å². The van der Waals surface area contributed by atoms with E-state index in [2.05, 4.69) is 31.0 Å². The number of nitro groups is 1. The van der Waals surface area contributed by atoms with Gasteiger partial charge in [0.05, 0.1) is 4.92 Å². The van der Waals surface area contributed by atoms with Gasteiger partial charge >= 0.3 is 0 Å². The summed E-state index contributed by atoms with van der Waals surface area (Å²) in [5.41, 5.74) is 0.816. The first kappa shape index (κ1) is 24.2. The van der Waals surface area contributed by atoms with Crippen molar-refractivity contribution in [3.8, 4) is 0 Å². The van der Waals surface area contributed by atoms with Gasteiger partial charge in [0.15, 0.2) is 0 Å². The fraction of sp³-hybridized carbons (Fsp3) is 0.667. The Bertz CT molecular complexity index is 848. The van der Waals surface area contributed by atoms with Crippen molar-refractivity contribution in [3.05, 3.63) is 39.4 Å². The number of piperidine rings is 1. The molecule has 2 saturated heterocycles. The number of likely N-dealkylation sites (tertiary alicyclic amines) is 2. The molecular formula is C24H36N4O4. The third kappa shape index (κ3) is 5.46. The lowest BCUT2D eigenvalue weighted by molar-refractivity contribution is -0.385. The molecule has 0 bridgehead atoms. The van der Waals surface area contributed by atoms with E-state index >= 15 is 0 Å². The standard InChI is InChI=1S/C24H36N4O4/c1-16(2)22(26-12-9-17(3)10-13-26)15-25-23(29)21-6-5-11-27(21)24(30)19-7-8-20(28(31)32)18(4)14-19/h7-8,14,16-17,21-22H,5-6,9-13,15H2,1-4H3,(H,25,29). The van der Waals surface area contributed by atoms with E-state index in [1.54, 1.807) is 17.9 Å². The van der Waals surface area contributed by atoms with E-state index in [1.165, 1.54) is 25.0 Å². The number of nitro benzene ring substituents is 1. The van der Waals surface area contributed by atoms with E-state index in [9.17, 15) is 19.7 Å². The largest absolute Gasteiger partial charge is 0.353 e. The second-order valence-electron chi connectivity index (χ2n) is 9.69. The minimum atomic E-state index is -0.493. The number of nitrogens with zero attached hydrogens (tertiary/aromatic N) is 3. The van der Waals surface area contributed by atoms with E-state index in [0.717, 1.165) is 25.4 Å². The molecule has 2 aliphatic rings. The maximum absolute atomic E-state index is 13.1. The Labute approximate surface area is 190 Å². The Morgan fingerprint density at radius 1 is 1.19 bits per heavy atom. The Morgan fingerprint density at radius 2 is 1.88 bits per heavy atom. The molecule has 8 nitrogen and oxygen atoms in total. The van der Waals surface area contributed by atoms with Crippen LogP contribution < -0.4 is 5.32 Å². The van der Waals surface area contributed by atoms with Crippen molar-refractivity contribution in [3.63, 3.8) is 0 Å². The predicted molar refractivity (Wildman–Crippen MR) is 123 cm³/mol. The molecule has 2 heterocycles. The molecule has 2 unspecified atom stereocenters. The van der Waals surface area contributed by atoms with Gasteiger partial charge in [0.2, 0.25) is 5.91 Å². The lowest BCUT2D eigenvalue weighted by Crippen LogP contribution is -2.52. The van der Waals surface area contributed by atoms with Crippen molar-refractivity contribution in [2.45, 2.75) is 65.5 Å². The van der Waals surface area contributed by atoms with E-state index in [4.69, 9.17) is 0 Å². The van der Waals surface area contributed by atoms with Crippen LogP contribution in [0.15, 0.2) is 18.2 Å². The average molecular weight is 445 g/mol. The van der Waals surface area contributed by atoms with Gasteiger partial charge in [-0.15, -0.1) is 0 Å². The van der Waals surface area contributed by atoms with Crippen LogP contribution in [0.1, 0.15) is 62.4 Å². The van der Waals surface area contributed by atoms with Gasteiger partial charge in [-0.1, -0.05) is 20.8 Å². The quantitative estimate of drug-likeness (QED) is 0.514. The number of carbonyl (C=O) groups excluding carboxylic acids is 2. The highest BCUT2D eigenvalue weighted by molar-refractivity contribution is 5.98. The van der Waals surface area contributed by atoms with Crippen LogP contribution in [0.3, 0.4) is 0 Å². The molecule has 176 valence electrons. The molecule has 2 amide bonds. The molecule has 1 aromatic carbocycles. The Morgan fingerprint density at radius 3 is 2.47 bits per heavy atom. The van der Waals surface area contributed by atoms with Crippen LogP contribution in [0.2, 0.25) is 0 Å². The molecule has 2 aliphatic heterocycles. The minimum absolute atomic E-state index is 0.0101. The van der Waals surface area contributed by atoms with Crippen molar-refractivity contribution in [2.24, 2.45) is 11.8 Å². The molecule has 2 fully saturated rings. The fourth-order valence-electron chi connectivity index (χ4n) is 4.91. The van der Waals surface area contributed by atoms with Gasteiger partial charge in [0.1, 0.15) is 6.04 Å². The molecule has 0 saturated carbocycles. The Hall–Kier alpha value is -2.48. The summed E-state index contributed by atoms with van der Waals surface area (Å²) >= 11 is 0. The molecule has 8 heteroatoms. The van der Waals surface area contributed by atoms with Crippen LogP contribution in [-0.2, 0) is 4.79 Å². The van der Waals surface area contributed by atoms with Gasteiger partial charge in [0.25, 0.3) is 11.6 Å². The van der Waals surface area contributed by atoms with Crippen molar-refractivity contribution in [2.75, 3.05) is 26.2 Å². The van der Waals surface area contributed by atoms with Crippen molar-refractivity contribution >= 4 is 17.5 Å². The Balaban J connectivity index is 1.64. The lowest BCUT2D eigenvalue weighted by Gasteiger charge is -2.39. The summed E-state index contributed by atoms with van der Waals surface area (Å²) in [6.07, 6.45) is 3.79. The van der Waals surface area contributed by atoms with Crippen molar-refractivity contribution in [1.82, 2.24) is 15.1 Å². The van der Waals surface area contributed by atoms with Crippen LogP contribution in [0.4, 0.5) is 5.69 Å². The normalized spacial score (nSPS) is 21.0. The number of carbonyl (C=O) groups is 2. The van der Waals surface area contributed by atoms with Crippen LogP contribution in [0, 0.1) is 28.9 Å². The molecule has 1 aromatic rings. The summed E-state index contributed by atoms with van der Waals surface area (Å²) in [5.74, 6) is 0.833. The molecule has 3 rings (SSSR count). The highest BCUT2D eigenvalue weighted by atomic mass is 16.6. The van der Waals surface area contributed by atoms with Gasteiger partial charge in [-0.05, 0) is 69.7 Å². The third-order valence-electron chi connectivity index (χ3n) is 7.00. The zero-order valence-corrected chi connectivity index (χ0v) is 19.7. The molecule has 0 aromatic heterocycles. The topological polar surface area (TPSA) is 95.8 Å². The van der Waals surface area contributed by atoms with Gasteiger partial charge in [-0.2, -0.15) is 0 Å². The number of nitrogens with one attached hydrogen (secondary N) is 1. The monoisotopic (exact) mass is 444 g/mol. The highest BCUT2D eigenvalue weighted by Crippen LogP contribution is 2.25. The number of rotatable bonds is 7. The van der Waals surface area contributed by atoms with Gasteiger partial charge in [-0.3, -0.25) is 24.6 Å². The second kappa shape index (κ2) is 10.4. The third-order valence-corrected chi connectivity index (χ3v) is 7.00. The molecule has 0 radical (unpaired) electrons. The first-order valence-corrected chi connectivity index (χ1v) is 11.8. The molecular weight excluding hydrogens is 408 g/mol. The highest BCUT2D eigenvalue weighted by Gasteiger charge is 2.35. The molecule has 32 heavy (non-hydrogen) atoms. The van der Waals surface area contributed by atoms with E-state index in [-0.39, 0.29) is 23.5 Å². The number of hydrogen-bond acceptors (Lipinski definition) is 5. The molecule has 0 aliphatic carbocycles. The number of benzene rings is 1. The average Bonchev–Trinajstić information content (AvgIpc) is 3.24. The van der Waals surface area contributed by atoms with Crippen molar-refractivity contribution < 1.29 is 14.5 Å². The van der Waals surface area contributed by atoms with Gasteiger partial charge in [-0.25, -0.2) is 0 Å². The summed E-state index contributed by atoms with van der Waals surface area (Å²) in [6, 6.07) is 4.18. The summed E-state index contributed by atoms with van der Waals surface area (Å²) in [4.78, 5) is 40.8. The number of aryl methyl sites for hydroxylation is 1. The molecule has 0 spiro atoms. The molecule has 2 atom stereocenters. The SMILES string of the molecule is Cc1cc(C(=O)N2CCCC2C(=O)NCC(C(C)C)N2CCC(C)CC2)ccc1[N+](=O)[O-]. The fourth-order valence-corrected chi connectivity index (χ4v) is 4.91. The summed E-state index contributed by atoms with van der Waals surface area (Å²) < 4.78 is 0. The van der Waals surface area contributed by atoms with Gasteiger partial charge < -0.3 is 10.2 Å². The van der Waals surface area contributed by atoms with Gasteiger partial charge in [0, 0.05) is 36.3 Å². The zero-order chi connectivity index (χ0) is 23.4. The maximum Gasteiger partial charge on any atom is 0.272 e. The van der Waals surface area contributed by atoms with Crippen LogP contribution in [-0.4, -0.2) is 64.8 Å². The first-order chi connectivity index (χ1) is 15.2. The van der Waals surface area contributed by atoms with Crippen LogP contribution in [0.5, 0.6) is 0 Å². The predicted octanol–water partition coefficient (Wildman–Crippen LogP) is 3.38. The van der Waals surface area contributed by atoms with Crippen LogP contribution in [0.25, 0.3) is 0 Å². The number of amides is 2. The van der Waals surface area contributed by atoms with E-state index < -0.39 is 11.0 Å². The lowest BCUT2D eigenvalue weighted by atomic mass is 9.94. The first-order valence-electron chi connectivity index (χ1n) is 11.8. The van der Waals surface area contributed by atoms with E-state index in [0.29, 0.717) is 36.6 Å². The summed E-state index contributed by atoms with van der Waals surface area (Å²) in [7, 11) is 0. The molecule has 1 N–H and O–H groups in total. The van der Waals surface area contributed by atoms with Crippen molar-refractivity contribution in [1.29, 1.82) is 0 Å². The second-order valence-corrected chi connectivity index (χ2v) is 9.69. The summed E-state index contributed by atoms with van der Waals surface area (Å²) in [6.45, 7) is 11.5. The summed E-state index contributed by atoms with van der Waals surface area (Å²) in [5, 5.41) is 14.2. The Kier molecular flexibility index (Phi) is 7.87.